The largest absolute Gasteiger partial charge is 0.373 e. The molecule has 1 N–H and O–H groups in total. The Labute approximate surface area is 115 Å². The molecule has 0 radical (unpaired) electrons. The SMILES string of the molecule is CCCc1cc(NC)nc(-c2ncccc2Br)n1. The third-order valence-corrected chi connectivity index (χ3v) is 3.15. The van der Waals surface area contributed by atoms with E-state index in [9.17, 15) is 0 Å². The van der Waals surface area contributed by atoms with Crippen molar-refractivity contribution in [3.05, 3.63) is 34.6 Å². The van der Waals surface area contributed by atoms with Crippen molar-refractivity contribution in [2.24, 2.45) is 0 Å². The van der Waals surface area contributed by atoms with Crippen LogP contribution in [0.15, 0.2) is 28.9 Å². The zero-order valence-electron chi connectivity index (χ0n) is 10.4. The molecule has 0 aliphatic rings. The molecule has 0 aromatic carbocycles. The van der Waals surface area contributed by atoms with Crippen LogP contribution in [0.25, 0.3) is 11.5 Å². The minimum absolute atomic E-state index is 0.651. The molecule has 18 heavy (non-hydrogen) atoms. The van der Waals surface area contributed by atoms with Gasteiger partial charge in [-0.2, -0.15) is 0 Å². The molecule has 0 spiro atoms. The highest BCUT2D eigenvalue weighted by atomic mass is 79.9. The lowest BCUT2D eigenvalue weighted by molar-refractivity contribution is 0.874. The van der Waals surface area contributed by atoms with E-state index in [1.807, 2.05) is 25.2 Å². The summed E-state index contributed by atoms with van der Waals surface area (Å²) >= 11 is 3.48. The minimum atomic E-state index is 0.651. The van der Waals surface area contributed by atoms with Crippen molar-refractivity contribution in [1.29, 1.82) is 0 Å². The molecule has 2 rings (SSSR count). The first-order valence-electron chi connectivity index (χ1n) is 5.91. The summed E-state index contributed by atoms with van der Waals surface area (Å²) < 4.78 is 0.903. The van der Waals surface area contributed by atoms with Gasteiger partial charge < -0.3 is 5.32 Å². The molecule has 2 heterocycles. The maximum atomic E-state index is 4.56. The van der Waals surface area contributed by atoms with Crippen LogP contribution in [0.2, 0.25) is 0 Å². The van der Waals surface area contributed by atoms with E-state index in [0.29, 0.717) is 5.82 Å². The Bertz CT molecular complexity index is 542. The van der Waals surface area contributed by atoms with E-state index in [0.717, 1.165) is 34.5 Å². The molecule has 4 nitrogen and oxygen atoms in total. The summed E-state index contributed by atoms with van der Waals surface area (Å²) in [6.07, 6.45) is 3.74. The van der Waals surface area contributed by atoms with Gasteiger partial charge in [-0.1, -0.05) is 13.3 Å². The van der Waals surface area contributed by atoms with Crippen molar-refractivity contribution >= 4 is 21.7 Å². The first-order valence-corrected chi connectivity index (χ1v) is 6.70. The van der Waals surface area contributed by atoms with Crippen LogP contribution in [-0.4, -0.2) is 22.0 Å². The smallest absolute Gasteiger partial charge is 0.181 e. The molecule has 0 amide bonds. The van der Waals surface area contributed by atoms with Crippen LogP contribution in [0, 0.1) is 0 Å². The highest BCUT2D eigenvalue weighted by molar-refractivity contribution is 9.10. The summed E-state index contributed by atoms with van der Waals surface area (Å²) in [6, 6.07) is 5.80. The Hall–Kier alpha value is -1.49. The fourth-order valence-corrected chi connectivity index (χ4v) is 2.10. The van der Waals surface area contributed by atoms with Gasteiger partial charge in [0.2, 0.25) is 0 Å². The summed E-state index contributed by atoms with van der Waals surface area (Å²) in [7, 11) is 1.86. The maximum absolute atomic E-state index is 4.56. The number of rotatable bonds is 4. The van der Waals surface area contributed by atoms with Crippen LogP contribution in [-0.2, 0) is 6.42 Å². The lowest BCUT2D eigenvalue weighted by Gasteiger charge is -2.07. The van der Waals surface area contributed by atoms with Crippen LogP contribution in [0.5, 0.6) is 0 Å². The van der Waals surface area contributed by atoms with E-state index < -0.39 is 0 Å². The highest BCUT2D eigenvalue weighted by Crippen LogP contribution is 2.24. The standard InChI is InChI=1S/C13H15BrN4/c1-3-5-9-8-11(15-2)18-13(17-9)12-10(14)6-4-7-16-12/h4,6-8H,3,5H2,1-2H3,(H,15,17,18). The average Bonchev–Trinajstić information content (AvgIpc) is 2.39. The van der Waals surface area contributed by atoms with Crippen LogP contribution < -0.4 is 5.32 Å². The van der Waals surface area contributed by atoms with Gasteiger partial charge in [0.25, 0.3) is 0 Å². The molecule has 5 heteroatoms. The van der Waals surface area contributed by atoms with Crippen LogP contribution in [0.4, 0.5) is 5.82 Å². The highest BCUT2D eigenvalue weighted by Gasteiger charge is 2.10. The minimum Gasteiger partial charge on any atom is -0.373 e. The molecule has 0 saturated heterocycles. The van der Waals surface area contributed by atoms with E-state index in [1.54, 1.807) is 6.20 Å². The summed E-state index contributed by atoms with van der Waals surface area (Å²) in [5, 5.41) is 3.06. The number of hydrogen-bond acceptors (Lipinski definition) is 4. The predicted octanol–water partition coefficient (Wildman–Crippen LogP) is 3.30. The predicted molar refractivity (Wildman–Crippen MR) is 76.5 cm³/mol. The van der Waals surface area contributed by atoms with Gasteiger partial charge in [-0.05, 0) is 34.5 Å². The third-order valence-electron chi connectivity index (χ3n) is 2.51. The number of anilines is 1. The zero-order chi connectivity index (χ0) is 13.0. The van der Waals surface area contributed by atoms with Crippen molar-refractivity contribution in [3.8, 4) is 11.5 Å². The van der Waals surface area contributed by atoms with E-state index in [1.165, 1.54) is 0 Å². The average molecular weight is 307 g/mol. The first-order chi connectivity index (χ1) is 8.74. The molecule has 2 aromatic rings. The maximum Gasteiger partial charge on any atom is 0.181 e. The van der Waals surface area contributed by atoms with Crippen molar-refractivity contribution in [2.45, 2.75) is 19.8 Å². The topological polar surface area (TPSA) is 50.7 Å². The normalized spacial score (nSPS) is 10.4. The van der Waals surface area contributed by atoms with E-state index in [4.69, 9.17) is 0 Å². The van der Waals surface area contributed by atoms with Gasteiger partial charge in [0.1, 0.15) is 11.5 Å². The van der Waals surface area contributed by atoms with Gasteiger partial charge in [-0.25, -0.2) is 9.97 Å². The second kappa shape index (κ2) is 5.91. The molecular weight excluding hydrogens is 292 g/mol. The van der Waals surface area contributed by atoms with Crippen molar-refractivity contribution in [1.82, 2.24) is 15.0 Å². The number of nitrogens with one attached hydrogen (secondary N) is 1. The number of aryl methyl sites for hydroxylation is 1. The Morgan fingerprint density at radius 3 is 2.83 bits per heavy atom. The van der Waals surface area contributed by atoms with Gasteiger partial charge in [-0.15, -0.1) is 0 Å². The number of halogens is 1. The van der Waals surface area contributed by atoms with Crippen LogP contribution in [0.3, 0.4) is 0 Å². The zero-order valence-corrected chi connectivity index (χ0v) is 12.0. The Morgan fingerprint density at radius 2 is 2.17 bits per heavy atom. The lowest BCUT2D eigenvalue weighted by atomic mass is 10.2. The van der Waals surface area contributed by atoms with E-state index >= 15 is 0 Å². The first kappa shape index (κ1) is 13.0. The van der Waals surface area contributed by atoms with Crippen LogP contribution in [0.1, 0.15) is 19.0 Å². The quantitative estimate of drug-likeness (QED) is 0.941. The molecule has 2 aromatic heterocycles. The van der Waals surface area contributed by atoms with E-state index in [2.05, 4.69) is 43.1 Å². The second-order valence-electron chi connectivity index (χ2n) is 3.90. The fourth-order valence-electron chi connectivity index (χ4n) is 1.67. The fraction of sp³-hybridized carbons (Fsp3) is 0.308. The molecule has 0 bridgehead atoms. The van der Waals surface area contributed by atoms with Crippen molar-refractivity contribution in [2.75, 3.05) is 12.4 Å². The van der Waals surface area contributed by atoms with Gasteiger partial charge in [0, 0.05) is 29.5 Å². The Kier molecular flexibility index (Phi) is 4.25. The lowest BCUT2D eigenvalue weighted by Crippen LogP contribution is -2.02. The summed E-state index contributed by atoms with van der Waals surface area (Å²) in [6.45, 7) is 2.14. The molecule has 94 valence electrons. The summed E-state index contributed by atoms with van der Waals surface area (Å²) in [5.74, 6) is 1.47. The molecule has 0 saturated carbocycles. The van der Waals surface area contributed by atoms with Crippen LogP contribution >= 0.6 is 15.9 Å². The van der Waals surface area contributed by atoms with Gasteiger partial charge in [-0.3, -0.25) is 4.98 Å². The molecular formula is C13H15BrN4. The van der Waals surface area contributed by atoms with Gasteiger partial charge in [0.15, 0.2) is 5.82 Å². The summed E-state index contributed by atoms with van der Waals surface area (Å²) in [4.78, 5) is 13.3. The number of hydrogen-bond donors (Lipinski definition) is 1. The molecule has 0 aliphatic heterocycles. The number of nitrogens with zero attached hydrogens (tertiary/aromatic N) is 3. The Balaban J connectivity index is 2.50. The van der Waals surface area contributed by atoms with Gasteiger partial charge in [0.05, 0.1) is 0 Å². The number of pyridine rings is 1. The van der Waals surface area contributed by atoms with E-state index in [-0.39, 0.29) is 0 Å². The van der Waals surface area contributed by atoms with Gasteiger partial charge >= 0.3 is 0 Å². The second-order valence-corrected chi connectivity index (χ2v) is 4.76. The Morgan fingerprint density at radius 1 is 1.33 bits per heavy atom. The molecule has 0 fully saturated rings. The van der Waals surface area contributed by atoms with Crippen molar-refractivity contribution < 1.29 is 0 Å². The number of aromatic nitrogens is 3. The van der Waals surface area contributed by atoms with Crippen molar-refractivity contribution in [3.63, 3.8) is 0 Å². The molecule has 0 aliphatic carbocycles. The molecule has 0 atom stereocenters. The monoisotopic (exact) mass is 306 g/mol. The summed E-state index contributed by atoms with van der Waals surface area (Å²) in [5.41, 5.74) is 1.80. The third kappa shape index (κ3) is 2.85. The molecule has 0 unspecified atom stereocenters.